The highest BCUT2D eigenvalue weighted by Crippen LogP contribution is 2.33. The maximum absolute atomic E-state index is 11.9. The fraction of sp³-hybridized carbons (Fsp3) is 0.364. The monoisotopic (exact) mass is 300 g/mol. The minimum absolute atomic E-state index is 0.234. The number of anilines is 1. The molecule has 19 heavy (non-hydrogen) atoms. The molecule has 0 bridgehead atoms. The number of fused-ring (bicyclic) bond motifs is 1. The molecular formula is C11H13ClN4O2S. The van der Waals surface area contributed by atoms with Gasteiger partial charge in [-0.1, -0.05) is 23.4 Å². The van der Waals surface area contributed by atoms with Crippen LogP contribution in [0.4, 0.5) is 5.69 Å². The third-order valence-electron chi connectivity index (χ3n) is 2.65. The van der Waals surface area contributed by atoms with E-state index in [-0.39, 0.29) is 23.1 Å². The largest absolute Gasteiger partial charge is 0.461 e. The van der Waals surface area contributed by atoms with E-state index in [4.69, 9.17) is 22.1 Å². The number of nitrogens with zero attached hydrogens (tertiary/aromatic N) is 3. The van der Waals surface area contributed by atoms with Crippen molar-refractivity contribution in [2.45, 2.75) is 12.1 Å². The summed E-state index contributed by atoms with van der Waals surface area (Å²) < 4.78 is 6.56. The Balaban J connectivity index is 2.75. The van der Waals surface area contributed by atoms with Gasteiger partial charge in [-0.2, -0.15) is 0 Å². The first kappa shape index (κ1) is 14.0. The van der Waals surface area contributed by atoms with Gasteiger partial charge in [0.1, 0.15) is 10.8 Å². The van der Waals surface area contributed by atoms with Crippen molar-refractivity contribution in [3.63, 3.8) is 0 Å². The normalized spacial score (nSPS) is 10.9. The number of carbonyl (C=O) groups excluding carboxylic acids is 1. The smallest absolute Gasteiger partial charge is 0.357 e. The van der Waals surface area contributed by atoms with E-state index in [1.54, 1.807) is 18.5 Å². The lowest BCUT2D eigenvalue weighted by Crippen LogP contribution is -2.12. The summed E-state index contributed by atoms with van der Waals surface area (Å²) in [5.41, 5.74) is 6.97. The number of esters is 1. The SMILES string of the molecule is CCOC(=O)c1c(N)c2c(Cl)nc(SC)nc2n1C. The number of nitrogens with two attached hydrogens (primary N) is 1. The number of ether oxygens (including phenoxy) is 1. The van der Waals surface area contributed by atoms with Gasteiger partial charge in [-0.25, -0.2) is 14.8 Å². The van der Waals surface area contributed by atoms with Crippen LogP contribution in [0, 0.1) is 0 Å². The molecule has 6 nitrogen and oxygen atoms in total. The summed E-state index contributed by atoms with van der Waals surface area (Å²) in [6.07, 6.45) is 1.84. The molecule has 0 amide bonds. The molecule has 0 radical (unpaired) electrons. The Morgan fingerprint density at radius 1 is 1.53 bits per heavy atom. The standard InChI is InChI=1S/C11H13ClN4O2S/c1-4-18-10(17)7-6(13)5-8(12)14-11(19-3)15-9(5)16(7)2/h4,13H2,1-3H3. The summed E-state index contributed by atoms with van der Waals surface area (Å²) in [6, 6.07) is 0. The number of aryl methyl sites for hydroxylation is 1. The van der Waals surface area contributed by atoms with Gasteiger partial charge in [-0.05, 0) is 13.2 Å². The molecule has 2 N–H and O–H groups in total. The topological polar surface area (TPSA) is 83.0 Å². The van der Waals surface area contributed by atoms with Crippen molar-refractivity contribution in [3.8, 4) is 0 Å². The molecular weight excluding hydrogens is 288 g/mol. The first-order valence-corrected chi connectivity index (χ1v) is 7.14. The summed E-state index contributed by atoms with van der Waals surface area (Å²) in [4.78, 5) is 20.3. The summed E-state index contributed by atoms with van der Waals surface area (Å²) in [7, 11) is 1.69. The minimum Gasteiger partial charge on any atom is -0.461 e. The predicted molar refractivity (Wildman–Crippen MR) is 75.7 cm³/mol. The Kier molecular flexibility index (Phi) is 3.86. The van der Waals surface area contributed by atoms with Gasteiger partial charge < -0.3 is 15.0 Å². The zero-order valence-corrected chi connectivity index (χ0v) is 12.3. The van der Waals surface area contributed by atoms with E-state index in [0.717, 1.165) is 0 Å². The number of thioether (sulfide) groups is 1. The molecule has 0 fully saturated rings. The van der Waals surface area contributed by atoms with Crippen LogP contribution in [0.1, 0.15) is 17.4 Å². The van der Waals surface area contributed by atoms with Crippen molar-refractivity contribution in [2.75, 3.05) is 18.6 Å². The van der Waals surface area contributed by atoms with Gasteiger partial charge >= 0.3 is 5.97 Å². The Labute approximate surface area is 119 Å². The molecule has 0 unspecified atom stereocenters. The number of hydrogen-bond acceptors (Lipinski definition) is 6. The van der Waals surface area contributed by atoms with Crippen LogP contribution in [0.3, 0.4) is 0 Å². The van der Waals surface area contributed by atoms with Crippen LogP contribution >= 0.6 is 23.4 Å². The van der Waals surface area contributed by atoms with Crippen molar-refractivity contribution < 1.29 is 9.53 Å². The molecule has 0 aliphatic rings. The second-order valence-electron chi connectivity index (χ2n) is 3.74. The van der Waals surface area contributed by atoms with Gasteiger partial charge in [0.15, 0.2) is 10.9 Å². The van der Waals surface area contributed by atoms with Gasteiger partial charge in [-0.15, -0.1) is 0 Å². The summed E-state index contributed by atoms with van der Waals surface area (Å²) in [6.45, 7) is 2.00. The summed E-state index contributed by atoms with van der Waals surface area (Å²) in [5, 5.41) is 1.23. The lowest BCUT2D eigenvalue weighted by molar-refractivity contribution is 0.0517. The average molecular weight is 301 g/mol. The first-order chi connectivity index (χ1) is 9.01. The molecule has 0 atom stereocenters. The van der Waals surface area contributed by atoms with Crippen LogP contribution < -0.4 is 5.73 Å². The van der Waals surface area contributed by atoms with Gasteiger partial charge in [0.2, 0.25) is 0 Å². The fourth-order valence-electron chi connectivity index (χ4n) is 1.82. The van der Waals surface area contributed by atoms with Crippen molar-refractivity contribution in [1.29, 1.82) is 0 Å². The van der Waals surface area contributed by atoms with Gasteiger partial charge in [0, 0.05) is 7.05 Å². The van der Waals surface area contributed by atoms with Crippen LogP contribution in [0.25, 0.3) is 11.0 Å². The summed E-state index contributed by atoms with van der Waals surface area (Å²) >= 11 is 7.47. The minimum atomic E-state index is -0.498. The zero-order chi connectivity index (χ0) is 14.2. The van der Waals surface area contributed by atoms with Gasteiger partial charge in [0.05, 0.1) is 17.7 Å². The van der Waals surface area contributed by atoms with E-state index in [9.17, 15) is 4.79 Å². The molecule has 2 rings (SSSR count). The molecule has 0 spiro atoms. The Bertz CT molecular complexity index is 656. The van der Waals surface area contributed by atoms with E-state index >= 15 is 0 Å². The molecule has 2 heterocycles. The Morgan fingerprint density at radius 3 is 2.79 bits per heavy atom. The Morgan fingerprint density at radius 2 is 2.21 bits per heavy atom. The Hall–Kier alpha value is -1.47. The highest BCUT2D eigenvalue weighted by Gasteiger charge is 2.24. The molecule has 2 aromatic rings. The maximum Gasteiger partial charge on any atom is 0.357 e. The molecule has 8 heteroatoms. The van der Waals surface area contributed by atoms with E-state index in [1.165, 1.54) is 11.8 Å². The molecule has 0 aliphatic carbocycles. The van der Waals surface area contributed by atoms with Crippen LogP contribution in [-0.4, -0.2) is 33.4 Å². The number of hydrogen-bond donors (Lipinski definition) is 1. The highest BCUT2D eigenvalue weighted by atomic mass is 35.5. The van der Waals surface area contributed by atoms with Crippen LogP contribution in [0.15, 0.2) is 5.16 Å². The quantitative estimate of drug-likeness (QED) is 0.404. The lowest BCUT2D eigenvalue weighted by atomic mass is 10.3. The molecule has 102 valence electrons. The zero-order valence-electron chi connectivity index (χ0n) is 10.7. The predicted octanol–water partition coefficient (Wildman–Crippen LogP) is 2.10. The van der Waals surface area contributed by atoms with Crippen molar-refractivity contribution in [2.24, 2.45) is 7.05 Å². The molecule has 0 aromatic carbocycles. The lowest BCUT2D eigenvalue weighted by Gasteiger charge is -2.04. The second kappa shape index (κ2) is 5.26. The van der Waals surface area contributed by atoms with Crippen LogP contribution in [0.5, 0.6) is 0 Å². The molecule has 0 saturated carbocycles. The second-order valence-corrected chi connectivity index (χ2v) is 4.87. The number of nitrogen functional groups attached to an aromatic ring is 1. The van der Waals surface area contributed by atoms with E-state index in [2.05, 4.69) is 9.97 Å². The van der Waals surface area contributed by atoms with Crippen molar-refractivity contribution >= 4 is 46.1 Å². The van der Waals surface area contributed by atoms with Crippen molar-refractivity contribution in [1.82, 2.24) is 14.5 Å². The molecule has 0 aliphatic heterocycles. The highest BCUT2D eigenvalue weighted by molar-refractivity contribution is 7.98. The molecule has 2 aromatic heterocycles. The maximum atomic E-state index is 11.9. The third kappa shape index (κ3) is 2.23. The fourth-order valence-corrected chi connectivity index (χ4v) is 2.50. The van der Waals surface area contributed by atoms with Crippen LogP contribution in [0.2, 0.25) is 5.15 Å². The first-order valence-electron chi connectivity index (χ1n) is 5.53. The number of carbonyl (C=O) groups is 1. The van der Waals surface area contributed by atoms with E-state index in [1.807, 2.05) is 6.26 Å². The van der Waals surface area contributed by atoms with Crippen LogP contribution in [-0.2, 0) is 11.8 Å². The number of rotatable bonds is 3. The number of halogens is 1. The van der Waals surface area contributed by atoms with E-state index in [0.29, 0.717) is 16.2 Å². The average Bonchev–Trinajstić information content (AvgIpc) is 2.62. The van der Waals surface area contributed by atoms with Gasteiger partial charge in [-0.3, -0.25) is 0 Å². The summed E-state index contributed by atoms with van der Waals surface area (Å²) in [5.74, 6) is -0.498. The third-order valence-corrected chi connectivity index (χ3v) is 3.48. The van der Waals surface area contributed by atoms with E-state index < -0.39 is 5.97 Å². The van der Waals surface area contributed by atoms with Gasteiger partial charge in [0.25, 0.3) is 0 Å². The van der Waals surface area contributed by atoms with Crippen molar-refractivity contribution in [3.05, 3.63) is 10.8 Å². The molecule has 0 saturated heterocycles. The number of aromatic nitrogens is 3.